The van der Waals surface area contributed by atoms with Gasteiger partial charge < -0.3 is 11.1 Å². The Hall–Kier alpha value is -1.06. The molecule has 0 saturated heterocycles. The summed E-state index contributed by atoms with van der Waals surface area (Å²) < 4.78 is 0. The third-order valence-electron chi connectivity index (χ3n) is 3.26. The van der Waals surface area contributed by atoms with E-state index in [0.717, 1.165) is 0 Å². The van der Waals surface area contributed by atoms with Crippen molar-refractivity contribution in [3.05, 3.63) is 0 Å². The van der Waals surface area contributed by atoms with Crippen molar-refractivity contribution in [1.29, 1.82) is 0 Å². The van der Waals surface area contributed by atoms with Crippen LogP contribution in [0.5, 0.6) is 0 Å². The summed E-state index contributed by atoms with van der Waals surface area (Å²) in [6, 6.07) is 0. The van der Waals surface area contributed by atoms with Crippen LogP contribution < -0.4 is 11.1 Å². The lowest BCUT2D eigenvalue weighted by molar-refractivity contribution is -0.206. The highest BCUT2D eigenvalue weighted by Gasteiger charge is 2.74. The zero-order chi connectivity index (χ0) is 8.98. The lowest BCUT2D eigenvalue weighted by atomic mass is 9.34. The van der Waals surface area contributed by atoms with Gasteiger partial charge >= 0.3 is 0 Å². The molecule has 0 atom stereocenters. The molecule has 3 N–H and O–H groups in total. The SMILES string of the molecule is CNC(=O)C12CC(C(N)=O)(C1)C2. The molecule has 0 radical (unpaired) electrons. The number of primary amides is 1. The highest BCUT2D eigenvalue weighted by Crippen LogP contribution is 2.73. The molecular weight excluding hydrogens is 156 g/mol. The molecular formula is C8H12N2O2. The number of amides is 2. The third-order valence-corrected chi connectivity index (χ3v) is 3.26. The number of carbonyl (C=O) groups excluding carboxylic acids is 2. The molecule has 12 heavy (non-hydrogen) atoms. The molecule has 3 aliphatic carbocycles. The van der Waals surface area contributed by atoms with E-state index in [-0.39, 0.29) is 22.6 Å². The van der Waals surface area contributed by atoms with Crippen molar-refractivity contribution >= 4 is 11.8 Å². The second kappa shape index (κ2) is 1.81. The van der Waals surface area contributed by atoms with Gasteiger partial charge in [-0.2, -0.15) is 0 Å². The van der Waals surface area contributed by atoms with Crippen LogP contribution in [0.25, 0.3) is 0 Å². The van der Waals surface area contributed by atoms with Crippen LogP contribution in [-0.2, 0) is 9.59 Å². The summed E-state index contributed by atoms with van der Waals surface area (Å²) in [7, 11) is 1.62. The van der Waals surface area contributed by atoms with E-state index in [1.54, 1.807) is 7.05 Å². The maximum absolute atomic E-state index is 11.3. The first kappa shape index (κ1) is 7.58. The van der Waals surface area contributed by atoms with E-state index in [1.165, 1.54) is 0 Å². The number of carbonyl (C=O) groups is 2. The number of hydrogen-bond acceptors (Lipinski definition) is 2. The van der Waals surface area contributed by atoms with E-state index in [9.17, 15) is 9.59 Å². The lowest BCUT2D eigenvalue weighted by Crippen LogP contribution is -2.71. The Morgan fingerprint density at radius 3 is 2.08 bits per heavy atom. The second-order valence-electron chi connectivity index (χ2n) is 4.03. The van der Waals surface area contributed by atoms with Crippen LogP contribution in [0.15, 0.2) is 0 Å². The number of nitrogens with two attached hydrogens (primary N) is 1. The fourth-order valence-corrected chi connectivity index (χ4v) is 2.56. The van der Waals surface area contributed by atoms with E-state index in [0.29, 0.717) is 19.3 Å². The van der Waals surface area contributed by atoms with Crippen LogP contribution in [0.1, 0.15) is 19.3 Å². The summed E-state index contributed by atoms with van der Waals surface area (Å²) in [5.41, 5.74) is 4.65. The van der Waals surface area contributed by atoms with Crippen LogP contribution in [0, 0.1) is 10.8 Å². The smallest absolute Gasteiger partial charge is 0.226 e. The van der Waals surface area contributed by atoms with E-state index < -0.39 is 0 Å². The highest BCUT2D eigenvalue weighted by molar-refractivity contribution is 5.94. The molecule has 3 saturated carbocycles. The topological polar surface area (TPSA) is 72.2 Å². The Morgan fingerprint density at radius 2 is 1.75 bits per heavy atom. The molecule has 0 aromatic heterocycles. The van der Waals surface area contributed by atoms with E-state index >= 15 is 0 Å². The van der Waals surface area contributed by atoms with Crippen LogP contribution in [0.2, 0.25) is 0 Å². The molecule has 66 valence electrons. The summed E-state index contributed by atoms with van der Waals surface area (Å²) in [5, 5.41) is 2.61. The van der Waals surface area contributed by atoms with Gasteiger partial charge in [-0.3, -0.25) is 9.59 Å². The van der Waals surface area contributed by atoms with Crippen LogP contribution >= 0.6 is 0 Å². The Bertz CT molecular complexity index is 252. The fraction of sp³-hybridized carbons (Fsp3) is 0.750. The monoisotopic (exact) mass is 168 g/mol. The molecule has 0 aromatic rings. The molecule has 2 amide bonds. The molecule has 0 heterocycles. The number of hydrogen-bond donors (Lipinski definition) is 2. The van der Waals surface area contributed by atoms with Crippen molar-refractivity contribution in [3.63, 3.8) is 0 Å². The number of rotatable bonds is 2. The summed E-state index contributed by atoms with van der Waals surface area (Å²) in [6.07, 6.45) is 1.99. The van der Waals surface area contributed by atoms with Gasteiger partial charge in [-0.1, -0.05) is 0 Å². The van der Waals surface area contributed by atoms with Gasteiger partial charge in [0.15, 0.2) is 0 Å². The Balaban J connectivity index is 2.04. The van der Waals surface area contributed by atoms with Gasteiger partial charge in [-0.05, 0) is 19.3 Å². The van der Waals surface area contributed by atoms with Gasteiger partial charge in [0.2, 0.25) is 11.8 Å². The zero-order valence-electron chi connectivity index (χ0n) is 7.02. The van der Waals surface area contributed by atoms with Crippen LogP contribution in [-0.4, -0.2) is 18.9 Å². The zero-order valence-corrected chi connectivity index (χ0v) is 7.02. The van der Waals surface area contributed by atoms with Crippen molar-refractivity contribution < 1.29 is 9.59 Å². The molecule has 0 aliphatic heterocycles. The molecule has 2 bridgehead atoms. The summed E-state index contributed by atoms with van der Waals surface area (Å²) in [4.78, 5) is 22.1. The molecule has 4 nitrogen and oxygen atoms in total. The summed E-state index contributed by atoms with van der Waals surface area (Å²) in [5.74, 6) is -0.182. The van der Waals surface area contributed by atoms with Crippen molar-refractivity contribution in [2.24, 2.45) is 16.6 Å². The minimum absolute atomic E-state index is 0.0608. The summed E-state index contributed by atoms with van der Waals surface area (Å²) in [6.45, 7) is 0. The van der Waals surface area contributed by atoms with Crippen molar-refractivity contribution in [1.82, 2.24) is 5.32 Å². The predicted molar refractivity (Wildman–Crippen MR) is 42.0 cm³/mol. The number of nitrogens with one attached hydrogen (secondary N) is 1. The predicted octanol–water partition coefficient (Wildman–Crippen LogP) is -0.612. The molecule has 0 spiro atoms. The minimum Gasteiger partial charge on any atom is -0.369 e. The minimum atomic E-state index is -0.313. The third kappa shape index (κ3) is 0.589. The molecule has 4 heteroatoms. The van der Waals surface area contributed by atoms with Gasteiger partial charge in [0.25, 0.3) is 0 Å². The maximum atomic E-state index is 11.3. The highest BCUT2D eigenvalue weighted by atomic mass is 16.2. The standard InChI is InChI=1S/C8H12N2O2/c1-10-6(12)8-2-7(3-8,4-8)5(9)11/h2-4H2,1H3,(H2,9,11)(H,10,12). The van der Waals surface area contributed by atoms with Crippen LogP contribution in [0.3, 0.4) is 0 Å². The quantitative estimate of drug-likeness (QED) is 0.577. The summed E-state index contributed by atoms with van der Waals surface area (Å²) >= 11 is 0. The first-order valence-corrected chi connectivity index (χ1v) is 4.07. The van der Waals surface area contributed by atoms with Gasteiger partial charge in [0, 0.05) is 7.05 Å². The Labute approximate surface area is 70.5 Å². The Kier molecular flexibility index (Phi) is 1.14. The van der Waals surface area contributed by atoms with Gasteiger partial charge in [0.05, 0.1) is 10.8 Å². The maximum Gasteiger partial charge on any atom is 0.226 e. The van der Waals surface area contributed by atoms with Gasteiger partial charge in [-0.25, -0.2) is 0 Å². The van der Waals surface area contributed by atoms with Gasteiger partial charge in [-0.15, -0.1) is 0 Å². The molecule has 3 aliphatic rings. The van der Waals surface area contributed by atoms with E-state index in [2.05, 4.69) is 5.32 Å². The van der Waals surface area contributed by atoms with Crippen molar-refractivity contribution in [2.45, 2.75) is 19.3 Å². The van der Waals surface area contributed by atoms with E-state index in [4.69, 9.17) is 5.73 Å². The Morgan fingerprint density at radius 1 is 1.25 bits per heavy atom. The average Bonchev–Trinajstić information content (AvgIpc) is 1.80. The normalized spacial score (nSPS) is 42.4. The largest absolute Gasteiger partial charge is 0.369 e. The van der Waals surface area contributed by atoms with Crippen molar-refractivity contribution in [3.8, 4) is 0 Å². The lowest BCUT2D eigenvalue weighted by Gasteiger charge is -2.67. The molecule has 0 aromatic carbocycles. The van der Waals surface area contributed by atoms with Crippen molar-refractivity contribution in [2.75, 3.05) is 7.05 Å². The first-order valence-electron chi connectivity index (χ1n) is 4.07. The average molecular weight is 168 g/mol. The van der Waals surface area contributed by atoms with E-state index in [1.807, 2.05) is 0 Å². The first-order chi connectivity index (χ1) is 5.55. The van der Waals surface area contributed by atoms with Crippen LogP contribution in [0.4, 0.5) is 0 Å². The fourth-order valence-electron chi connectivity index (χ4n) is 2.56. The molecule has 0 unspecified atom stereocenters. The molecule has 3 rings (SSSR count). The second-order valence-corrected chi connectivity index (χ2v) is 4.03. The molecule has 3 fully saturated rings. The van der Waals surface area contributed by atoms with Gasteiger partial charge in [0.1, 0.15) is 0 Å².